The average molecular weight is 234 g/mol. The van der Waals surface area contributed by atoms with Gasteiger partial charge in [-0.3, -0.25) is 4.79 Å². The van der Waals surface area contributed by atoms with E-state index in [-0.39, 0.29) is 17.8 Å². The fraction of sp³-hybridized carbons (Fsp3) is 0.533. The fourth-order valence-corrected chi connectivity index (χ4v) is 2.35. The van der Waals surface area contributed by atoms with Crippen molar-refractivity contribution < 1.29 is 9.53 Å². The molecule has 1 rings (SSSR count). The highest BCUT2D eigenvalue weighted by Gasteiger charge is 2.38. The molecule has 17 heavy (non-hydrogen) atoms. The Balaban J connectivity index is 3.06. The first-order valence-electron chi connectivity index (χ1n) is 6.03. The van der Waals surface area contributed by atoms with Crippen LogP contribution in [0.15, 0.2) is 30.3 Å². The van der Waals surface area contributed by atoms with Gasteiger partial charge in [0.05, 0.1) is 11.5 Å². The summed E-state index contributed by atoms with van der Waals surface area (Å²) >= 11 is 0. The smallest absolute Gasteiger partial charge is 0.143 e. The van der Waals surface area contributed by atoms with Crippen LogP contribution in [-0.2, 0) is 9.53 Å². The highest BCUT2D eigenvalue weighted by molar-refractivity contribution is 5.86. The van der Waals surface area contributed by atoms with E-state index in [4.69, 9.17) is 4.74 Å². The van der Waals surface area contributed by atoms with Gasteiger partial charge in [-0.1, -0.05) is 58.0 Å². The predicted molar refractivity (Wildman–Crippen MR) is 69.8 cm³/mol. The van der Waals surface area contributed by atoms with Crippen LogP contribution in [0, 0.1) is 11.3 Å². The molecule has 0 N–H and O–H groups in total. The summed E-state index contributed by atoms with van der Waals surface area (Å²) in [6.45, 7) is 7.77. The van der Waals surface area contributed by atoms with Crippen molar-refractivity contribution in [3.8, 4) is 0 Å². The second kappa shape index (κ2) is 5.46. The minimum atomic E-state index is -0.510. The molecule has 0 spiro atoms. The maximum atomic E-state index is 12.3. The zero-order valence-corrected chi connectivity index (χ0v) is 11.4. The quantitative estimate of drug-likeness (QED) is 0.777. The lowest BCUT2D eigenvalue weighted by Crippen LogP contribution is -2.35. The van der Waals surface area contributed by atoms with Crippen LogP contribution < -0.4 is 0 Å². The molecule has 0 aliphatic carbocycles. The Morgan fingerprint density at radius 2 is 1.71 bits per heavy atom. The van der Waals surface area contributed by atoms with Gasteiger partial charge in [0.25, 0.3) is 0 Å². The number of hydrogen-bond donors (Lipinski definition) is 0. The number of benzene rings is 1. The minimum Gasteiger partial charge on any atom is -0.376 e. The van der Waals surface area contributed by atoms with Crippen LogP contribution in [0.3, 0.4) is 0 Å². The number of methoxy groups -OCH3 is 1. The lowest BCUT2D eigenvalue weighted by molar-refractivity contribution is -0.138. The first-order valence-corrected chi connectivity index (χ1v) is 6.03. The third-order valence-corrected chi connectivity index (χ3v) is 3.15. The van der Waals surface area contributed by atoms with Crippen molar-refractivity contribution in [1.82, 2.24) is 0 Å². The molecule has 0 radical (unpaired) electrons. The number of Topliss-reactive ketones (excluding diaryl/α,β-unsaturated/α-hetero) is 1. The van der Waals surface area contributed by atoms with E-state index in [1.165, 1.54) is 0 Å². The largest absolute Gasteiger partial charge is 0.376 e. The molecule has 1 unspecified atom stereocenters. The Morgan fingerprint density at radius 1 is 1.18 bits per heavy atom. The van der Waals surface area contributed by atoms with Gasteiger partial charge in [0.15, 0.2) is 0 Å². The Morgan fingerprint density at radius 3 is 2.12 bits per heavy atom. The molecule has 0 heterocycles. The van der Waals surface area contributed by atoms with E-state index in [0.29, 0.717) is 0 Å². The second-order valence-corrected chi connectivity index (χ2v) is 5.27. The fourth-order valence-electron chi connectivity index (χ4n) is 2.35. The highest BCUT2D eigenvalue weighted by Crippen LogP contribution is 2.38. The first-order chi connectivity index (χ1) is 7.91. The van der Waals surface area contributed by atoms with E-state index >= 15 is 0 Å². The summed E-state index contributed by atoms with van der Waals surface area (Å²) < 4.78 is 5.55. The van der Waals surface area contributed by atoms with Crippen molar-refractivity contribution >= 4 is 5.78 Å². The lowest BCUT2D eigenvalue weighted by atomic mass is 9.75. The van der Waals surface area contributed by atoms with Crippen molar-refractivity contribution in [3.63, 3.8) is 0 Å². The number of ether oxygens (including phenoxy) is 1. The molecule has 1 atom stereocenters. The molecule has 2 heteroatoms. The summed E-state index contributed by atoms with van der Waals surface area (Å²) in [5.74, 6) is 0.250. The topological polar surface area (TPSA) is 26.3 Å². The molecule has 0 amide bonds. The zero-order chi connectivity index (χ0) is 13.1. The molecule has 94 valence electrons. The molecule has 0 aliphatic rings. The highest BCUT2D eigenvalue weighted by atomic mass is 16.5. The second-order valence-electron chi connectivity index (χ2n) is 5.27. The van der Waals surface area contributed by atoms with Crippen LogP contribution in [-0.4, -0.2) is 12.9 Å². The summed E-state index contributed by atoms with van der Waals surface area (Å²) in [7, 11) is 1.66. The Kier molecular flexibility index (Phi) is 4.47. The first kappa shape index (κ1) is 13.9. The van der Waals surface area contributed by atoms with Crippen LogP contribution in [0.5, 0.6) is 0 Å². The van der Waals surface area contributed by atoms with Gasteiger partial charge in [0, 0.05) is 13.0 Å². The number of carbonyl (C=O) groups is 1. The molecule has 0 fully saturated rings. The molecular formula is C15H22O2. The summed E-state index contributed by atoms with van der Waals surface area (Å²) in [6, 6.07) is 9.91. The van der Waals surface area contributed by atoms with Gasteiger partial charge in [-0.15, -0.1) is 0 Å². The molecular weight excluding hydrogens is 212 g/mol. The minimum absolute atomic E-state index is 0.0198. The number of hydrogen-bond acceptors (Lipinski definition) is 2. The van der Waals surface area contributed by atoms with E-state index in [9.17, 15) is 4.79 Å². The van der Waals surface area contributed by atoms with Crippen LogP contribution >= 0.6 is 0 Å². The Hall–Kier alpha value is -1.15. The number of carbonyl (C=O) groups excluding carboxylic acids is 1. The molecule has 0 saturated carbocycles. The van der Waals surface area contributed by atoms with E-state index in [1.54, 1.807) is 7.11 Å². The van der Waals surface area contributed by atoms with Crippen molar-refractivity contribution in [2.24, 2.45) is 11.3 Å². The van der Waals surface area contributed by atoms with Crippen LogP contribution in [0.1, 0.15) is 39.4 Å². The van der Waals surface area contributed by atoms with Crippen molar-refractivity contribution in [1.29, 1.82) is 0 Å². The molecule has 1 aromatic rings. The van der Waals surface area contributed by atoms with E-state index in [2.05, 4.69) is 0 Å². The van der Waals surface area contributed by atoms with Gasteiger partial charge in [-0.25, -0.2) is 0 Å². The van der Waals surface area contributed by atoms with E-state index < -0.39 is 5.41 Å². The lowest BCUT2D eigenvalue weighted by Gasteiger charge is -2.33. The summed E-state index contributed by atoms with van der Waals surface area (Å²) in [4.78, 5) is 12.3. The molecule has 0 saturated heterocycles. The van der Waals surface area contributed by atoms with Crippen molar-refractivity contribution in [2.75, 3.05) is 7.11 Å². The zero-order valence-electron chi connectivity index (χ0n) is 11.4. The maximum absolute atomic E-state index is 12.3. The molecule has 2 nitrogen and oxygen atoms in total. The van der Waals surface area contributed by atoms with Gasteiger partial charge in [-0.05, 0) is 5.56 Å². The molecule has 0 aromatic heterocycles. The monoisotopic (exact) mass is 234 g/mol. The van der Waals surface area contributed by atoms with Gasteiger partial charge >= 0.3 is 0 Å². The third kappa shape index (κ3) is 2.95. The molecule has 1 aromatic carbocycles. The normalized spacial score (nSPS) is 13.8. The maximum Gasteiger partial charge on any atom is 0.143 e. The Bertz CT molecular complexity index is 366. The third-order valence-electron chi connectivity index (χ3n) is 3.15. The summed E-state index contributed by atoms with van der Waals surface area (Å²) in [5, 5.41) is 0. The van der Waals surface area contributed by atoms with Gasteiger partial charge in [0.2, 0.25) is 0 Å². The van der Waals surface area contributed by atoms with Crippen molar-refractivity contribution in [2.45, 2.75) is 33.8 Å². The van der Waals surface area contributed by atoms with Gasteiger partial charge < -0.3 is 4.74 Å². The van der Waals surface area contributed by atoms with Crippen molar-refractivity contribution in [3.05, 3.63) is 35.9 Å². The number of ketones is 1. The Labute approximate surface area is 104 Å². The predicted octanol–water partition coefficient (Wildman–Crippen LogP) is 3.63. The van der Waals surface area contributed by atoms with Crippen LogP contribution in [0.2, 0.25) is 0 Å². The molecule has 0 bridgehead atoms. The van der Waals surface area contributed by atoms with Crippen LogP contribution in [0.25, 0.3) is 0 Å². The average Bonchev–Trinajstić information content (AvgIpc) is 2.29. The number of rotatable bonds is 5. The SMILES string of the molecule is COC(c1ccccc1)C(C)(C)C(=O)C(C)C. The summed E-state index contributed by atoms with van der Waals surface area (Å²) in [6.07, 6.45) is -0.196. The standard InChI is InChI=1S/C15H22O2/c1-11(2)13(16)15(3,4)14(17-5)12-9-7-6-8-10-12/h6-11,14H,1-5H3. The molecule has 0 aliphatic heterocycles. The van der Waals surface area contributed by atoms with Gasteiger partial charge in [0.1, 0.15) is 5.78 Å². The van der Waals surface area contributed by atoms with E-state index in [1.807, 2.05) is 58.0 Å². The van der Waals surface area contributed by atoms with Gasteiger partial charge in [-0.2, -0.15) is 0 Å². The van der Waals surface area contributed by atoms with Crippen LogP contribution in [0.4, 0.5) is 0 Å². The summed E-state index contributed by atoms with van der Waals surface area (Å²) in [5.41, 5.74) is 0.540. The van der Waals surface area contributed by atoms with E-state index in [0.717, 1.165) is 5.56 Å².